The Morgan fingerprint density at radius 2 is 2.18 bits per heavy atom. The Kier molecular flexibility index (Phi) is 5.32. The summed E-state index contributed by atoms with van der Waals surface area (Å²) in [4.78, 5) is 18.4. The minimum absolute atomic E-state index is 0.0308. The van der Waals surface area contributed by atoms with Gasteiger partial charge >= 0.3 is 0 Å². The third kappa shape index (κ3) is 3.17. The van der Waals surface area contributed by atoms with Gasteiger partial charge in [-0.15, -0.1) is 11.3 Å². The van der Waals surface area contributed by atoms with Crippen molar-refractivity contribution in [2.24, 2.45) is 9.98 Å². The van der Waals surface area contributed by atoms with E-state index in [-0.39, 0.29) is 6.04 Å². The molecule has 2 heterocycles. The fraction of sp³-hybridized carbons (Fsp3) is 0.125. The van der Waals surface area contributed by atoms with Gasteiger partial charge in [-0.25, -0.2) is 9.97 Å². The molecule has 0 aliphatic rings. The number of anilines is 1. The quantitative estimate of drug-likeness (QED) is 0.577. The summed E-state index contributed by atoms with van der Waals surface area (Å²) in [6.45, 7) is 10.8. The summed E-state index contributed by atoms with van der Waals surface area (Å²) in [7, 11) is 1.98. The summed E-state index contributed by atoms with van der Waals surface area (Å²) in [5, 5.41) is 0.815. The molecule has 0 saturated carbocycles. The van der Waals surface area contributed by atoms with Crippen LogP contribution in [0.5, 0.6) is 0 Å². The molecule has 112 valence electrons. The van der Waals surface area contributed by atoms with Crippen molar-refractivity contribution in [2.45, 2.75) is 6.04 Å². The molecule has 1 atom stereocenters. The number of likely N-dealkylation sites (N-methyl/N-ethyl adjacent to an activating group) is 1. The molecule has 22 heavy (non-hydrogen) atoms. The minimum Gasteiger partial charge on any atom is -0.360 e. The van der Waals surface area contributed by atoms with Crippen molar-refractivity contribution < 1.29 is 0 Å². The van der Waals surface area contributed by atoms with E-state index in [0.29, 0.717) is 0 Å². The van der Waals surface area contributed by atoms with Crippen LogP contribution in [-0.4, -0.2) is 36.5 Å². The van der Waals surface area contributed by atoms with E-state index in [2.05, 4.69) is 44.9 Å². The average molecular weight is 311 g/mol. The van der Waals surface area contributed by atoms with E-state index in [1.54, 1.807) is 18.5 Å². The maximum atomic E-state index is 4.38. The van der Waals surface area contributed by atoms with Gasteiger partial charge in [0.1, 0.15) is 22.5 Å². The molecule has 2 rings (SSSR count). The minimum atomic E-state index is -0.0308. The van der Waals surface area contributed by atoms with Gasteiger partial charge in [0, 0.05) is 19.4 Å². The second-order valence-electron chi connectivity index (χ2n) is 4.40. The van der Waals surface area contributed by atoms with E-state index in [1.807, 2.05) is 25.3 Å². The number of allylic oxidation sites excluding steroid dienone is 2. The van der Waals surface area contributed by atoms with Gasteiger partial charge in [0.25, 0.3) is 0 Å². The zero-order valence-corrected chi connectivity index (χ0v) is 13.2. The monoisotopic (exact) mass is 311 g/mol. The number of fused-ring (bicyclic) bond motifs is 1. The number of rotatable bonds is 7. The zero-order chi connectivity index (χ0) is 15.9. The van der Waals surface area contributed by atoms with Crippen LogP contribution in [0.4, 0.5) is 10.7 Å². The first-order valence-corrected chi connectivity index (χ1v) is 7.38. The molecule has 0 N–H and O–H groups in total. The highest BCUT2D eigenvalue weighted by atomic mass is 32.1. The van der Waals surface area contributed by atoms with Gasteiger partial charge in [-0.2, -0.15) is 0 Å². The molecule has 0 spiro atoms. The second-order valence-corrected chi connectivity index (χ2v) is 5.43. The Balaban J connectivity index is 2.53. The van der Waals surface area contributed by atoms with Gasteiger partial charge in [-0.3, -0.25) is 9.98 Å². The van der Waals surface area contributed by atoms with E-state index in [4.69, 9.17) is 0 Å². The smallest absolute Gasteiger partial charge is 0.141 e. The average Bonchev–Trinajstić information content (AvgIpc) is 2.93. The Labute approximate surface area is 133 Å². The molecule has 0 bridgehead atoms. The Morgan fingerprint density at radius 1 is 1.36 bits per heavy atom. The summed E-state index contributed by atoms with van der Waals surface area (Å²) in [6.07, 6.45) is 12.6. The fourth-order valence-corrected chi connectivity index (χ4v) is 3.03. The SMILES string of the molecule is C=CC=CC(/C=C\N=C)N(C)c1c(N=C)sc2cncnc12. The van der Waals surface area contributed by atoms with Crippen LogP contribution in [0, 0.1) is 0 Å². The summed E-state index contributed by atoms with van der Waals surface area (Å²) < 4.78 is 0.976. The predicted molar refractivity (Wildman–Crippen MR) is 96.8 cm³/mol. The van der Waals surface area contributed by atoms with Crippen molar-refractivity contribution in [2.75, 3.05) is 11.9 Å². The van der Waals surface area contributed by atoms with Gasteiger partial charge < -0.3 is 4.90 Å². The number of hydrogen-bond acceptors (Lipinski definition) is 6. The number of thiophene rings is 1. The highest BCUT2D eigenvalue weighted by Crippen LogP contribution is 2.43. The third-order valence-corrected chi connectivity index (χ3v) is 4.12. The van der Waals surface area contributed by atoms with Crippen molar-refractivity contribution in [3.63, 3.8) is 0 Å². The molecule has 0 saturated heterocycles. The van der Waals surface area contributed by atoms with E-state index in [9.17, 15) is 0 Å². The van der Waals surface area contributed by atoms with Crippen LogP contribution in [-0.2, 0) is 0 Å². The van der Waals surface area contributed by atoms with Gasteiger partial charge in [-0.1, -0.05) is 24.8 Å². The number of hydrogen-bond donors (Lipinski definition) is 0. The number of aliphatic imine (C=N–C) groups is 2. The van der Waals surface area contributed by atoms with E-state index < -0.39 is 0 Å². The first kappa shape index (κ1) is 15.8. The second kappa shape index (κ2) is 7.42. The zero-order valence-electron chi connectivity index (χ0n) is 12.4. The molecule has 0 aliphatic carbocycles. The molecule has 0 amide bonds. The molecule has 0 radical (unpaired) electrons. The van der Waals surface area contributed by atoms with E-state index >= 15 is 0 Å². The van der Waals surface area contributed by atoms with Crippen molar-refractivity contribution in [3.8, 4) is 0 Å². The van der Waals surface area contributed by atoms with E-state index in [1.165, 1.54) is 17.7 Å². The molecule has 1 unspecified atom stereocenters. The highest BCUT2D eigenvalue weighted by Gasteiger charge is 2.20. The van der Waals surface area contributed by atoms with Crippen molar-refractivity contribution in [1.29, 1.82) is 0 Å². The molecular weight excluding hydrogens is 294 g/mol. The van der Waals surface area contributed by atoms with Gasteiger partial charge in [0.05, 0.1) is 10.7 Å². The molecule has 0 aliphatic heterocycles. The maximum absolute atomic E-state index is 4.38. The normalized spacial score (nSPS) is 12.8. The molecular formula is C16H17N5S. The lowest BCUT2D eigenvalue weighted by molar-refractivity contribution is 0.896. The van der Waals surface area contributed by atoms with E-state index in [0.717, 1.165) is 20.9 Å². The molecule has 6 heteroatoms. The van der Waals surface area contributed by atoms with Crippen molar-refractivity contribution >= 4 is 45.7 Å². The fourth-order valence-electron chi connectivity index (χ4n) is 2.06. The van der Waals surface area contributed by atoms with Crippen molar-refractivity contribution in [1.82, 2.24) is 9.97 Å². The Bertz CT molecular complexity index is 726. The number of nitrogens with zero attached hydrogens (tertiary/aromatic N) is 5. The third-order valence-electron chi connectivity index (χ3n) is 3.09. The molecule has 0 fully saturated rings. The highest BCUT2D eigenvalue weighted by molar-refractivity contribution is 7.23. The molecule has 2 aromatic rings. The molecule has 0 aromatic carbocycles. The van der Waals surface area contributed by atoms with Crippen LogP contribution in [0.2, 0.25) is 0 Å². The summed E-state index contributed by atoms with van der Waals surface area (Å²) >= 11 is 1.52. The van der Waals surface area contributed by atoms with Gasteiger partial charge in [0.2, 0.25) is 0 Å². The predicted octanol–water partition coefficient (Wildman–Crippen LogP) is 3.78. The largest absolute Gasteiger partial charge is 0.360 e. The molecule has 5 nitrogen and oxygen atoms in total. The van der Waals surface area contributed by atoms with Gasteiger partial charge in [-0.05, 0) is 19.5 Å². The Morgan fingerprint density at radius 3 is 2.86 bits per heavy atom. The number of aromatic nitrogens is 2. The summed E-state index contributed by atoms with van der Waals surface area (Å²) in [6, 6.07) is -0.0308. The Hall–Kier alpha value is -2.60. The van der Waals surface area contributed by atoms with Crippen LogP contribution >= 0.6 is 11.3 Å². The summed E-state index contributed by atoms with van der Waals surface area (Å²) in [5.74, 6) is 0. The lowest BCUT2D eigenvalue weighted by Gasteiger charge is -2.25. The summed E-state index contributed by atoms with van der Waals surface area (Å²) in [5.41, 5.74) is 1.78. The topological polar surface area (TPSA) is 53.7 Å². The molecule has 2 aromatic heterocycles. The standard InChI is InChI=1S/C16H17N5S/c1-5-6-7-12(8-9-17-2)21(4)15-14-13(10-19-11-20-14)22-16(15)18-3/h5-12H,1-3H2,4H3/b7-6?,9-8-. The lowest BCUT2D eigenvalue weighted by Crippen LogP contribution is -2.28. The van der Waals surface area contributed by atoms with Gasteiger partial charge in [0.15, 0.2) is 0 Å². The van der Waals surface area contributed by atoms with Crippen molar-refractivity contribution in [3.05, 3.63) is 49.6 Å². The van der Waals surface area contributed by atoms with Crippen LogP contribution in [0.3, 0.4) is 0 Å². The van der Waals surface area contributed by atoms with Crippen LogP contribution < -0.4 is 4.90 Å². The first-order valence-electron chi connectivity index (χ1n) is 6.56. The van der Waals surface area contributed by atoms with Crippen LogP contribution in [0.25, 0.3) is 10.2 Å². The van der Waals surface area contributed by atoms with Crippen LogP contribution in [0.1, 0.15) is 0 Å². The maximum Gasteiger partial charge on any atom is 0.141 e. The first-order chi connectivity index (χ1) is 10.7. The lowest BCUT2D eigenvalue weighted by atomic mass is 10.2. The van der Waals surface area contributed by atoms with Crippen LogP contribution in [0.15, 0.2) is 59.6 Å².